The quantitative estimate of drug-likeness (QED) is 0.882. The van der Waals surface area contributed by atoms with Crippen molar-refractivity contribution < 1.29 is 9.53 Å². The third-order valence-corrected chi connectivity index (χ3v) is 7.24. The molecule has 3 aliphatic rings. The molecule has 1 saturated carbocycles. The Labute approximate surface area is 163 Å². The standard InChI is InChI=1S/C21H25N3O2S/c1-14-3-2-4-18(22-14)24-10-8-21(9-11-24)19-15(7-12-26-21)13-17(27-19)20(25)23-16-5-6-16/h2-4,13,16H,5-12H2,1H3,(H,23,25). The zero-order valence-corrected chi connectivity index (χ0v) is 16.5. The van der Waals surface area contributed by atoms with Crippen molar-refractivity contribution in [1.82, 2.24) is 10.3 Å². The summed E-state index contributed by atoms with van der Waals surface area (Å²) in [7, 11) is 0. The number of thiophene rings is 1. The van der Waals surface area contributed by atoms with Crippen LogP contribution >= 0.6 is 11.3 Å². The number of hydrogen-bond donors (Lipinski definition) is 1. The average molecular weight is 384 g/mol. The lowest BCUT2D eigenvalue weighted by Crippen LogP contribution is -2.46. The molecule has 0 atom stereocenters. The van der Waals surface area contributed by atoms with Gasteiger partial charge in [-0.2, -0.15) is 0 Å². The van der Waals surface area contributed by atoms with Crippen molar-refractivity contribution in [3.05, 3.63) is 45.3 Å². The summed E-state index contributed by atoms with van der Waals surface area (Å²) >= 11 is 1.65. The SMILES string of the molecule is Cc1cccc(N2CCC3(CC2)OCCc2cc(C(=O)NC4CC4)sc23)n1. The Morgan fingerprint density at radius 1 is 1.33 bits per heavy atom. The maximum Gasteiger partial charge on any atom is 0.261 e. The fraction of sp³-hybridized carbons (Fsp3) is 0.524. The van der Waals surface area contributed by atoms with Gasteiger partial charge in [0.1, 0.15) is 11.4 Å². The first kappa shape index (κ1) is 17.2. The first-order valence-corrected chi connectivity index (χ1v) is 10.7. The van der Waals surface area contributed by atoms with Gasteiger partial charge in [0.15, 0.2) is 0 Å². The topological polar surface area (TPSA) is 54.5 Å². The van der Waals surface area contributed by atoms with E-state index in [1.807, 2.05) is 13.0 Å². The summed E-state index contributed by atoms with van der Waals surface area (Å²) in [6, 6.07) is 8.69. The normalized spacial score (nSPS) is 21.1. The minimum Gasteiger partial charge on any atom is -0.369 e. The molecule has 1 aliphatic carbocycles. The Balaban J connectivity index is 1.36. The maximum absolute atomic E-state index is 12.5. The van der Waals surface area contributed by atoms with Gasteiger partial charge in [0.05, 0.1) is 11.5 Å². The number of nitrogens with zero attached hydrogens (tertiary/aromatic N) is 2. The number of ether oxygens (including phenoxy) is 1. The molecule has 4 heterocycles. The van der Waals surface area contributed by atoms with Crippen LogP contribution in [0.4, 0.5) is 5.82 Å². The second-order valence-corrected chi connectivity index (χ2v) is 8.98. The van der Waals surface area contributed by atoms with Crippen molar-refractivity contribution >= 4 is 23.1 Å². The van der Waals surface area contributed by atoms with E-state index in [4.69, 9.17) is 4.74 Å². The number of amides is 1. The number of rotatable bonds is 3. The van der Waals surface area contributed by atoms with E-state index in [1.54, 1.807) is 11.3 Å². The number of fused-ring (bicyclic) bond motifs is 2. The Morgan fingerprint density at radius 3 is 2.89 bits per heavy atom. The molecule has 0 bridgehead atoms. The van der Waals surface area contributed by atoms with Gasteiger partial charge < -0.3 is 15.0 Å². The fourth-order valence-corrected chi connectivity index (χ4v) is 5.51. The summed E-state index contributed by atoms with van der Waals surface area (Å²) in [6.45, 7) is 4.64. The van der Waals surface area contributed by atoms with Crippen molar-refractivity contribution in [2.45, 2.75) is 50.7 Å². The summed E-state index contributed by atoms with van der Waals surface area (Å²) in [5.41, 5.74) is 2.14. The highest BCUT2D eigenvalue weighted by atomic mass is 32.1. The molecule has 2 fully saturated rings. The van der Waals surface area contributed by atoms with Gasteiger partial charge in [0.2, 0.25) is 0 Å². The van der Waals surface area contributed by atoms with Gasteiger partial charge in [-0.15, -0.1) is 11.3 Å². The van der Waals surface area contributed by atoms with Crippen LogP contribution < -0.4 is 10.2 Å². The van der Waals surface area contributed by atoms with Crippen LogP contribution in [0.5, 0.6) is 0 Å². The van der Waals surface area contributed by atoms with Crippen molar-refractivity contribution in [3.63, 3.8) is 0 Å². The van der Waals surface area contributed by atoms with Gasteiger partial charge in [-0.05, 0) is 62.8 Å². The second-order valence-electron chi connectivity index (χ2n) is 7.93. The fourth-order valence-electron chi connectivity index (χ4n) is 4.19. The summed E-state index contributed by atoms with van der Waals surface area (Å²) < 4.78 is 6.36. The first-order valence-electron chi connectivity index (χ1n) is 9.90. The number of piperidine rings is 1. The molecule has 1 N–H and O–H groups in total. The van der Waals surface area contributed by atoms with Gasteiger partial charge in [-0.25, -0.2) is 4.98 Å². The Kier molecular flexibility index (Phi) is 4.20. The molecule has 0 aromatic carbocycles. The van der Waals surface area contributed by atoms with Crippen molar-refractivity contribution in [1.29, 1.82) is 0 Å². The molecule has 6 heteroatoms. The first-order chi connectivity index (χ1) is 13.1. The lowest BCUT2D eigenvalue weighted by atomic mass is 9.85. The Bertz CT molecular complexity index is 866. The van der Waals surface area contributed by atoms with Crippen LogP contribution in [0.2, 0.25) is 0 Å². The van der Waals surface area contributed by atoms with E-state index in [2.05, 4.69) is 33.4 Å². The van der Waals surface area contributed by atoms with Crippen LogP contribution in [0.25, 0.3) is 0 Å². The zero-order valence-electron chi connectivity index (χ0n) is 15.7. The highest BCUT2D eigenvalue weighted by Gasteiger charge is 2.43. The van der Waals surface area contributed by atoms with Crippen molar-refractivity contribution in [2.24, 2.45) is 0 Å². The molecule has 1 amide bonds. The molecule has 2 aromatic heterocycles. The molecule has 1 saturated heterocycles. The van der Waals surface area contributed by atoms with E-state index in [-0.39, 0.29) is 11.5 Å². The lowest BCUT2D eigenvalue weighted by molar-refractivity contribution is -0.0735. The summed E-state index contributed by atoms with van der Waals surface area (Å²) in [5, 5.41) is 3.12. The summed E-state index contributed by atoms with van der Waals surface area (Å²) in [5.74, 6) is 1.14. The van der Waals surface area contributed by atoms with Gasteiger partial charge >= 0.3 is 0 Å². The third kappa shape index (κ3) is 3.25. The molecule has 2 aromatic rings. The van der Waals surface area contributed by atoms with Gasteiger partial charge in [0, 0.05) is 29.7 Å². The number of hydrogen-bond acceptors (Lipinski definition) is 5. The van der Waals surface area contributed by atoms with E-state index in [1.165, 1.54) is 10.4 Å². The van der Waals surface area contributed by atoms with E-state index in [0.717, 1.165) is 68.2 Å². The Hall–Kier alpha value is -1.92. The minimum absolute atomic E-state index is 0.0912. The third-order valence-electron chi connectivity index (χ3n) is 5.88. The van der Waals surface area contributed by atoms with E-state index >= 15 is 0 Å². The number of aromatic nitrogens is 1. The van der Waals surface area contributed by atoms with Gasteiger partial charge in [0.25, 0.3) is 5.91 Å². The van der Waals surface area contributed by atoms with Crippen LogP contribution in [-0.4, -0.2) is 36.6 Å². The number of anilines is 1. The van der Waals surface area contributed by atoms with Crippen LogP contribution in [0, 0.1) is 6.92 Å². The maximum atomic E-state index is 12.5. The van der Waals surface area contributed by atoms with Crippen LogP contribution in [-0.2, 0) is 16.8 Å². The number of carbonyl (C=O) groups excluding carboxylic acids is 1. The van der Waals surface area contributed by atoms with Gasteiger partial charge in [-0.1, -0.05) is 6.07 Å². The highest BCUT2D eigenvalue weighted by Crippen LogP contribution is 2.46. The molecule has 2 aliphatic heterocycles. The lowest BCUT2D eigenvalue weighted by Gasteiger charge is -2.44. The Morgan fingerprint density at radius 2 is 2.15 bits per heavy atom. The van der Waals surface area contributed by atoms with E-state index in [9.17, 15) is 4.79 Å². The highest BCUT2D eigenvalue weighted by molar-refractivity contribution is 7.14. The molecule has 5 nitrogen and oxygen atoms in total. The molecular weight excluding hydrogens is 358 g/mol. The van der Waals surface area contributed by atoms with Crippen molar-refractivity contribution in [2.75, 3.05) is 24.6 Å². The van der Waals surface area contributed by atoms with Crippen LogP contribution in [0.3, 0.4) is 0 Å². The number of aryl methyl sites for hydroxylation is 1. The molecular formula is C21H25N3O2S. The molecule has 0 radical (unpaired) electrons. The summed E-state index contributed by atoms with van der Waals surface area (Å²) in [4.78, 5) is 21.6. The van der Waals surface area contributed by atoms with Crippen LogP contribution in [0.15, 0.2) is 24.3 Å². The van der Waals surface area contributed by atoms with Crippen molar-refractivity contribution in [3.8, 4) is 0 Å². The average Bonchev–Trinajstić information content (AvgIpc) is 3.37. The number of pyridine rings is 1. The predicted molar refractivity (Wildman–Crippen MR) is 107 cm³/mol. The molecule has 27 heavy (non-hydrogen) atoms. The smallest absolute Gasteiger partial charge is 0.261 e. The second kappa shape index (κ2) is 6.60. The van der Waals surface area contributed by atoms with E-state index < -0.39 is 0 Å². The summed E-state index contributed by atoms with van der Waals surface area (Å²) in [6.07, 6.45) is 5.03. The molecule has 0 unspecified atom stereocenters. The largest absolute Gasteiger partial charge is 0.369 e. The molecule has 1 spiro atoms. The number of carbonyl (C=O) groups is 1. The zero-order chi connectivity index (χ0) is 18.4. The van der Waals surface area contributed by atoms with Crippen LogP contribution in [0.1, 0.15) is 51.5 Å². The van der Waals surface area contributed by atoms with E-state index in [0.29, 0.717) is 6.04 Å². The van der Waals surface area contributed by atoms with Gasteiger partial charge in [-0.3, -0.25) is 4.79 Å². The number of nitrogens with one attached hydrogen (secondary N) is 1. The molecule has 142 valence electrons. The monoisotopic (exact) mass is 383 g/mol. The molecule has 5 rings (SSSR count). The minimum atomic E-state index is -0.226. The predicted octanol–water partition coefficient (Wildman–Crippen LogP) is 3.41.